The first-order chi connectivity index (χ1) is 7.67. The highest BCUT2D eigenvalue weighted by Crippen LogP contribution is 2.52. The molecule has 1 unspecified atom stereocenters. The fourth-order valence-corrected chi connectivity index (χ4v) is 1.29. The van der Waals surface area contributed by atoms with Gasteiger partial charge in [-0.1, -0.05) is 30.3 Å². The molecule has 0 bridgehead atoms. The van der Waals surface area contributed by atoms with Crippen LogP contribution in [0.3, 0.4) is 0 Å². The second-order valence-corrected chi connectivity index (χ2v) is 3.24. The van der Waals surface area contributed by atoms with Gasteiger partial charge in [0, 0.05) is 5.56 Å². The van der Waals surface area contributed by atoms with Gasteiger partial charge in [0.1, 0.15) is 0 Å². The molecule has 0 radical (unpaired) electrons. The van der Waals surface area contributed by atoms with Gasteiger partial charge in [0.2, 0.25) is 0 Å². The molecule has 1 atom stereocenters. The van der Waals surface area contributed by atoms with Crippen molar-refractivity contribution in [2.75, 3.05) is 0 Å². The van der Waals surface area contributed by atoms with Crippen LogP contribution >= 0.6 is 0 Å². The summed E-state index contributed by atoms with van der Waals surface area (Å²) in [7, 11) is 0. The molecule has 0 nitrogen and oxygen atoms in total. The van der Waals surface area contributed by atoms with Crippen LogP contribution in [0.5, 0.6) is 0 Å². The lowest BCUT2D eigenvalue weighted by Crippen LogP contribution is -2.51. The molecule has 0 aromatic heterocycles. The summed E-state index contributed by atoms with van der Waals surface area (Å²) in [6, 6.07) is 4.52. The molecule has 1 aromatic rings. The Bertz CT molecular complexity index is 428. The van der Waals surface area contributed by atoms with Crippen molar-refractivity contribution >= 4 is 0 Å². The van der Waals surface area contributed by atoms with E-state index in [1.54, 1.807) is 0 Å². The van der Waals surface area contributed by atoms with E-state index >= 15 is 0 Å². The monoisotopic (exact) mass is 252 g/mol. The number of terminal acetylenes is 1. The average Bonchev–Trinajstić information content (AvgIpc) is 2.27. The lowest BCUT2D eigenvalue weighted by Gasteiger charge is -2.32. The van der Waals surface area contributed by atoms with Gasteiger partial charge in [0.15, 0.2) is 0 Å². The first-order valence-electron chi connectivity index (χ1n) is 4.33. The Balaban J connectivity index is 3.49. The highest BCUT2D eigenvalue weighted by atomic mass is 19.4. The van der Waals surface area contributed by atoms with Crippen LogP contribution in [0.2, 0.25) is 0 Å². The van der Waals surface area contributed by atoms with Crippen LogP contribution in [-0.2, 0) is 5.67 Å². The molecule has 0 fully saturated rings. The van der Waals surface area contributed by atoms with E-state index in [1.807, 2.05) is 0 Å². The summed E-state index contributed by atoms with van der Waals surface area (Å²) < 4.78 is 77.5. The molecular weight excluding hydrogens is 246 g/mol. The first-order valence-corrected chi connectivity index (χ1v) is 4.33. The zero-order chi connectivity index (χ0) is 13.3. The van der Waals surface area contributed by atoms with Crippen molar-refractivity contribution in [2.24, 2.45) is 0 Å². The molecule has 0 aliphatic heterocycles. The Morgan fingerprint density at radius 2 is 1.35 bits per heavy atom. The highest BCUT2D eigenvalue weighted by molar-refractivity contribution is 5.31. The SMILES string of the molecule is C#CC(F)(F)C(F)(c1ccccc1)C(F)(F)F. The second kappa shape index (κ2) is 3.99. The van der Waals surface area contributed by atoms with E-state index in [4.69, 9.17) is 0 Å². The standard InChI is InChI=1S/C11H6F6/c1-2-9(12,13)10(14,11(15,16)17)8-6-4-3-5-7-8/h1,3-7H. The molecule has 1 aromatic carbocycles. The van der Waals surface area contributed by atoms with Crippen LogP contribution in [0.4, 0.5) is 26.3 Å². The minimum absolute atomic E-state index is 0.559. The third-order valence-corrected chi connectivity index (χ3v) is 2.18. The predicted octanol–water partition coefficient (Wildman–Crippen LogP) is 3.68. The van der Waals surface area contributed by atoms with Gasteiger partial charge in [-0.3, -0.25) is 0 Å². The molecule has 0 heterocycles. The van der Waals surface area contributed by atoms with E-state index in [9.17, 15) is 26.3 Å². The summed E-state index contributed by atoms with van der Waals surface area (Å²) in [6.45, 7) is 0. The normalized spacial score (nSPS) is 16.1. The van der Waals surface area contributed by atoms with Crippen LogP contribution in [0.1, 0.15) is 5.56 Å². The Morgan fingerprint density at radius 1 is 0.882 bits per heavy atom. The van der Waals surface area contributed by atoms with E-state index in [1.165, 1.54) is 6.07 Å². The van der Waals surface area contributed by atoms with Crippen LogP contribution in [-0.4, -0.2) is 12.1 Å². The van der Waals surface area contributed by atoms with Gasteiger partial charge in [-0.2, -0.15) is 22.0 Å². The molecule has 6 heteroatoms. The van der Waals surface area contributed by atoms with E-state index in [2.05, 4.69) is 6.42 Å². The molecule has 0 saturated carbocycles. The number of alkyl halides is 6. The zero-order valence-electron chi connectivity index (χ0n) is 8.23. The van der Waals surface area contributed by atoms with Crippen LogP contribution < -0.4 is 0 Å². The predicted molar refractivity (Wildman–Crippen MR) is 49.1 cm³/mol. The fourth-order valence-electron chi connectivity index (χ4n) is 1.29. The maximum Gasteiger partial charge on any atom is 0.433 e. The minimum atomic E-state index is -5.82. The zero-order valence-corrected chi connectivity index (χ0v) is 8.23. The smallest absolute Gasteiger partial charge is 0.220 e. The quantitative estimate of drug-likeness (QED) is 0.556. The Hall–Kier alpha value is -1.64. The van der Waals surface area contributed by atoms with Crippen molar-refractivity contribution in [3.05, 3.63) is 35.9 Å². The largest absolute Gasteiger partial charge is 0.433 e. The molecule has 0 aliphatic carbocycles. The van der Waals surface area contributed by atoms with Gasteiger partial charge in [-0.05, 0) is 5.92 Å². The summed E-state index contributed by atoms with van der Waals surface area (Å²) in [5.74, 6) is -4.42. The van der Waals surface area contributed by atoms with Gasteiger partial charge < -0.3 is 0 Å². The molecule has 0 saturated heterocycles. The summed E-state index contributed by atoms with van der Waals surface area (Å²) in [4.78, 5) is 0. The van der Waals surface area contributed by atoms with Gasteiger partial charge >= 0.3 is 17.8 Å². The Kier molecular flexibility index (Phi) is 3.15. The highest BCUT2D eigenvalue weighted by Gasteiger charge is 2.71. The summed E-state index contributed by atoms with van der Waals surface area (Å²) in [5, 5.41) is 0. The van der Waals surface area contributed by atoms with E-state index < -0.39 is 23.3 Å². The number of benzene rings is 1. The molecule has 0 spiro atoms. The molecule has 92 valence electrons. The van der Waals surface area contributed by atoms with Crippen molar-refractivity contribution < 1.29 is 26.3 Å². The van der Waals surface area contributed by atoms with Gasteiger partial charge in [-0.15, -0.1) is 6.42 Å². The average molecular weight is 252 g/mol. The van der Waals surface area contributed by atoms with Crippen molar-refractivity contribution in [3.8, 4) is 12.3 Å². The summed E-state index contributed by atoms with van der Waals surface area (Å²) >= 11 is 0. The maximum atomic E-state index is 13.8. The molecule has 0 amide bonds. The van der Waals surface area contributed by atoms with E-state index in [0.29, 0.717) is 18.1 Å². The third-order valence-electron chi connectivity index (χ3n) is 2.18. The number of hydrogen-bond acceptors (Lipinski definition) is 0. The lowest BCUT2D eigenvalue weighted by molar-refractivity contribution is -0.293. The molecular formula is C11H6F6. The van der Waals surface area contributed by atoms with Crippen molar-refractivity contribution in [1.29, 1.82) is 0 Å². The van der Waals surface area contributed by atoms with Gasteiger partial charge in [-0.25, -0.2) is 4.39 Å². The lowest BCUT2D eigenvalue weighted by atomic mass is 9.88. The van der Waals surface area contributed by atoms with Gasteiger partial charge in [0.05, 0.1) is 0 Å². The molecule has 0 N–H and O–H groups in total. The van der Waals surface area contributed by atoms with E-state index in [0.717, 1.165) is 12.1 Å². The van der Waals surface area contributed by atoms with Crippen molar-refractivity contribution in [2.45, 2.75) is 17.8 Å². The first kappa shape index (κ1) is 13.4. The van der Waals surface area contributed by atoms with Crippen LogP contribution in [0.25, 0.3) is 0 Å². The van der Waals surface area contributed by atoms with E-state index in [-0.39, 0.29) is 0 Å². The topological polar surface area (TPSA) is 0 Å². The third kappa shape index (κ3) is 1.97. The summed E-state index contributed by atoms with van der Waals surface area (Å²) in [6.07, 6.45) is -1.53. The Morgan fingerprint density at radius 3 is 1.71 bits per heavy atom. The number of halogens is 6. The Labute approximate surface area is 93.2 Å². The number of hydrogen-bond donors (Lipinski definition) is 0. The molecule has 1 rings (SSSR count). The van der Waals surface area contributed by atoms with Gasteiger partial charge in [0.25, 0.3) is 0 Å². The molecule has 17 heavy (non-hydrogen) atoms. The number of rotatable bonds is 2. The second-order valence-electron chi connectivity index (χ2n) is 3.24. The maximum absolute atomic E-state index is 13.8. The fraction of sp³-hybridized carbons (Fsp3) is 0.273. The molecule has 0 aliphatic rings. The summed E-state index contributed by atoms with van der Waals surface area (Å²) in [5.41, 5.74) is -6.12. The van der Waals surface area contributed by atoms with Crippen LogP contribution in [0, 0.1) is 12.3 Å². The van der Waals surface area contributed by atoms with Crippen LogP contribution in [0.15, 0.2) is 30.3 Å². The minimum Gasteiger partial charge on any atom is -0.220 e. The van der Waals surface area contributed by atoms with Crippen molar-refractivity contribution in [3.63, 3.8) is 0 Å². The van der Waals surface area contributed by atoms with Crippen molar-refractivity contribution in [1.82, 2.24) is 0 Å².